The van der Waals surface area contributed by atoms with Crippen molar-refractivity contribution in [1.29, 1.82) is 0 Å². The third-order valence-electron chi connectivity index (χ3n) is 1.52. The average molecular weight is 200 g/mol. The molecule has 0 fully saturated rings. The van der Waals surface area contributed by atoms with Crippen molar-refractivity contribution in [3.63, 3.8) is 0 Å². The zero-order valence-corrected chi connectivity index (χ0v) is 8.11. The van der Waals surface area contributed by atoms with Crippen LogP contribution in [0.1, 0.15) is 5.56 Å². The average Bonchev–Trinajstić information content (AvgIpc) is 2.03. The van der Waals surface area contributed by atoms with Crippen LogP contribution in [0.3, 0.4) is 0 Å². The van der Waals surface area contributed by atoms with Gasteiger partial charge in [0.2, 0.25) is 0 Å². The summed E-state index contributed by atoms with van der Waals surface area (Å²) in [5.41, 5.74) is 0.778. The van der Waals surface area contributed by atoms with E-state index < -0.39 is 0 Å². The van der Waals surface area contributed by atoms with Crippen molar-refractivity contribution in [2.75, 3.05) is 13.6 Å². The molecular weight excluding hydrogens is 189 g/mol. The Labute approximate surface area is 82.2 Å². The predicted molar refractivity (Wildman–Crippen MR) is 54.4 cm³/mol. The molecule has 0 atom stereocenters. The molecule has 0 heterocycles. The van der Waals surface area contributed by atoms with Gasteiger partial charge in [-0.15, -0.1) is 0 Å². The molecule has 1 nitrogen and oxygen atoms in total. The monoisotopic (exact) mass is 199 g/mol. The van der Waals surface area contributed by atoms with Gasteiger partial charge in [0.15, 0.2) is 0 Å². The zero-order chi connectivity index (χ0) is 9.68. The molecule has 0 saturated heterocycles. The van der Waals surface area contributed by atoms with Gasteiger partial charge in [0.1, 0.15) is 5.82 Å². The number of rotatable bonds is 3. The fourth-order valence-electron chi connectivity index (χ4n) is 0.984. The van der Waals surface area contributed by atoms with Crippen LogP contribution in [0.25, 0.3) is 6.08 Å². The van der Waals surface area contributed by atoms with E-state index in [1.54, 1.807) is 6.07 Å². The highest BCUT2D eigenvalue weighted by Gasteiger charge is 1.95. The molecule has 0 aliphatic heterocycles. The summed E-state index contributed by atoms with van der Waals surface area (Å²) in [6.45, 7) is 0.758. The highest BCUT2D eigenvalue weighted by molar-refractivity contribution is 6.30. The first-order valence-corrected chi connectivity index (χ1v) is 4.37. The second kappa shape index (κ2) is 5.00. The summed E-state index contributed by atoms with van der Waals surface area (Å²) < 4.78 is 12.8. The fourth-order valence-corrected chi connectivity index (χ4v) is 1.21. The van der Waals surface area contributed by atoms with Gasteiger partial charge in [-0.2, -0.15) is 0 Å². The van der Waals surface area contributed by atoms with Gasteiger partial charge in [0.05, 0.1) is 0 Å². The lowest BCUT2D eigenvalue weighted by Gasteiger charge is -1.96. The van der Waals surface area contributed by atoms with E-state index in [1.807, 2.05) is 19.2 Å². The summed E-state index contributed by atoms with van der Waals surface area (Å²) >= 11 is 5.67. The molecule has 1 aromatic carbocycles. The van der Waals surface area contributed by atoms with Crippen LogP contribution in [0, 0.1) is 5.82 Å². The predicted octanol–water partition coefficient (Wildman–Crippen LogP) is 2.71. The van der Waals surface area contributed by atoms with E-state index in [2.05, 4.69) is 5.32 Å². The third kappa shape index (κ3) is 3.57. The lowest BCUT2D eigenvalue weighted by Crippen LogP contribution is -2.03. The molecule has 0 aliphatic carbocycles. The van der Waals surface area contributed by atoms with Crippen molar-refractivity contribution in [1.82, 2.24) is 5.32 Å². The van der Waals surface area contributed by atoms with Gasteiger partial charge >= 0.3 is 0 Å². The van der Waals surface area contributed by atoms with E-state index in [0.29, 0.717) is 5.02 Å². The van der Waals surface area contributed by atoms with Gasteiger partial charge in [-0.3, -0.25) is 0 Å². The molecule has 3 heteroatoms. The second-order valence-corrected chi connectivity index (χ2v) is 3.10. The molecule has 0 spiro atoms. The van der Waals surface area contributed by atoms with Gasteiger partial charge in [0, 0.05) is 11.6 Å². The standard InChI is InChI=1S/C10H11ClFN/c1-13-4-2-3-8-5-9(11)7-10(12)6-8/h2-3,5-7,13H,4H2,1H3/b3-2+. The molecule has 1 aromatic rings. The lowest BCUT2D eigenvalue weighted by molar-refractivity contribution is 0.627. The zero-order valence-electron chi connectivity index (χ0n) is 7.35. The van der Waals surface area contributed by atoms with Crippen molar-refractivity contribution >= 4 is 17.7 Å². The Hall–Kier alpha value is -0.860. The van der Waals surface area contributed by atoms with Crippen LogP contribution in [-0.2, 0) is 0 Å². The molecule has 1 N–H and O–H groups in total. The fraction of sp³-hybridized carbons (Fsp3) is 0.200. The van der Waals surface area contributed by atoms with Crippen LogP contribution < -0.4 is 5.32 Å². The van der Waals surface area contributed by atoms with Gasteiger partial charge < -0.3 is 5.32 Å². The Morgan fingerprint density at radius 2 is 2.23 bits per heavy atom. The first-order chi connectivity index (χ1) is 6.22. The Morgan fingerprint density at radius 1 is 1.46 bits per heavy atom. The first-order valence-electron chi connectivity index (χ1n) is 3.99. The van der Waals surface area contributed by atoms with Crippen molar-refractivity contribution in [2.24, 2.45) is 0 Å². The Bertz CT molecular complexity index is 290. The minimum atomic E-state index is -0.309. The topological polar surface area (TPSA) is 12.0 Å². The molecule has 0 saturated carbocycles. The number of likely N-dealkylation sites (N-methyl/N-ethyl adjacent to an activating group) is 1. The van der Waals surface area contributed by atoms with Crippen molar-refractivity contribution in [3.05, 3.63) is 40.7 Å². The van der Waals surface area contributed by atoms with E-state index in [0.717, 1.165) is 12.1 Å². The minimum Gasteiger partial charge on any atom is -0.316 e. The van der Waals surface area contributed by atoms with Gasteiger partial charge in [-0.1, -0.05) is 23.8 Å². The largest absolute Gasteiger partial charge is 0.316 e. The van der Waals surface area contributed by atoms with Crippen LogP contribution >= 0.6 is 11.6 Å². The van der Waals surface area contributed by atoms with E-state index >= 15 is 0 Å². The quantitative estimate of drug-likeness (QED) is 0.790. The molecule has 0 aliphatic rings. The maximum Gasteiger partial charge on any atom is 0.125 e. The van der Waals surface area contributed by atoms with E-state index in [9.17, 15) is 4.39 Å². The van der Waals surface area contributed by atoms with Crippen LogP contribution in [0.15, 0.2) is 24.3 Å². The number of halogens is 2. The molecule has 1 rings (SSSR count). The Balaban J connectivity index is 2.77. The van der Waals surface area contributed by atoms with E-state index in [-0.39, 0.29) is 5.82 Å². The molecule has 0 unspecified atom stereocenters. The smallest absolute Gasteiger partial charge is 0.125 e. The Morgan fingerprint density at radius 3 is 2.85 bits per heavy atom. The van der Waals surface area contributed by atoms with Crippen molar-refractivity contribution in [3.8, 4) is 0 Å². The minimum absolute atomic E-state index is 0.309. The van der Waals surface area contributed by atoms with Gasteiger partial charge in [-0.25, -0.2) is 4.39 Å². The van der Waals surface area contributed by atoms with Gasteiger partial charge in [0.25, 0.3) is 0 Å². The van der Waals surface area contributed by atoms with Crippen molar-refractivity contribution in [2.45, 2.75) is 0 Å². The highest BCUT2D eigenvalue weighted by Crippen LogP contribution is 2.14. The summed E-state index contributed by atoms with van der Waals surface area (Å²) in [6, 6.07) is 4.45. The first kappa shape index (κ1) is 10.2. The molecular formula is C10H11ClFN. The lowest BCUT2D eigenvalue weighted by atomic mass is 10.2. The summed E-state index contributed by atoms with van der Waals surface area (Å²) in [7, 11) is 1.85. The summed E-state index contributed by atoms with van der Waals surface area (Å²) in [5.74, 6) is -0.309. The molecule has 13 heavy (non-hydrogen) atoms. The number of nitrogens with one attached hydrogen (secondary N) is 1. The Kier molecular flexibility index (Phi) is 3.93. The number of hydrogen-bond acceptors (Lipinski definition) is 1. The van der Waals surface area contributed by atoms with Gasteiger partial charge in [-0.05, 0) is 30.8 Å². The molecule has 0 radical (unpaired) electrons. The van der Waals surface area contributed by atoms with Crippen LogP contribution in [0.4, 0.5) is 4.39 Å². The van der Waals surface area contributed by atoms with Crippen LogP contribution in [0.5, 0.6) is 0 Å². The molecule has 0 amide bonds. The number of benzene rings is 1. The number of hydrogen-bond donors (Lipinski definition) is 1. The molecule has 0 bridgehead atoms. The summed E-state index contributed by atoms with van der Waals surface area (Å²) in [6.07, 6.45) is 3.73. The molecule has 70 valence electrons. The van der Waals surface area contributed by atoms with Crippen LogP contribution in [-0.4, -0.2) is 13.6 Å². The van der Waals surface area contributed by atoms with Crippen LogP contribution in [0.2, 0.25) is 5.02 Å². The third-order valence-corrected chi connectivity index (χ3v) is 1.74. The normalized spacial score (nSPS) is 11.0. The van der Waals surface area contributed by atoms with E-state index in [4.69, 9.17) is 11.6 Å². The van der Waals surface area contributed by atoms with Crippen molar-refractivity contribution < 1.29 is 4.39 Å². The summed E-state index contributed by atoms with van der Waals surface area (Å²) in [5, 5.41) is 3.37. The SMILES string of the molecule is CNC/C=C/c1cc(F)cc(Cl)c1. The molecule has 0 aromatic heterocycles. The maximum atomic E-state index is 12.8. The van der Waals surface area contributed by atoms with E-state index in [1.165, 1.54) is 12.1 Å². The highest BCUT2D eigenvalue weighted by atomic mass is 35.5. The summed E-state index contributed by atoms with van der Waals surface area (Å²) in [4.78, 5) is 0. The maximum absolute atomic E-state index is 12.8. The second-order valence-electron chi connectivity index (χ2n) is 2.66.